The fraction of sp³-hybridized carbons (Fsp3) is 0.421. The summed E-state index contributed by atoms with van der Waals surface area (Å²) < 4.78 is 0. The molecule has 1 N–H and O–H groups in total. The van der Waals surface area contributed by atoms with Gasteiger partial charge in [0.15, 0.2) is 0 Å². The smallest absolute Gasteiger partial charge is 0.287 e. The Morgan fingerprint density at radius 3 is 2.56 bits per heavy atom. The van der Waals surface area contributed by atoms with Crippen LogP contribution in [0, 0.1) is 10.1 Å². The Hall–Kier alpha value is -2.38. The second kappa shape index (κ2) is 9.53. The third-order valence-electron chi connectivity index (χ3n) is 4.75. The van der Waals surface area contributed by atoms with Crippen LogP contribution in [0.3, 0.4) is 0 Å². The molecule has 0 unspecified atom stereocenters. The van der Waals surface area contributed by atoms with Crippen molar-refractivity contribution in [3.05, 3.63) is 52.2 Å². The van der Waals surface area contributed by atoms with Crippen LogP contribution in [-0.2, 0) is 6.54 Å². The number of pyridine rings is 1. The van der Waals surface area contributed by atoms with Gasteiger partial charge in [0.25, 0.3) is 5.69 Å². The van der Waals surface area contributed by atoms with Crippen molar-refractivity contribution in [2.45, 2.75) is 32.7 Å². The first-order valence-corrected chi connectivity index (χ1v) is 9.00. The van der Waals surface area contributed by atoms with Crippen molar-refractivity contribution in [1.82, 2.24) is 9.88 Å². The number of halogens is 1. The van der Waals surface area contributed by atoms with E-state index in [9.17, 15) is 15.2 Å². The molecular weight excluding hydrogens is 368 g/mol. The maximum atomic E-state index is 10.8. The normalized spacial score (nSPS) is 14.4. The number of nitrogens with zero attached hydrogens (tertiary/aromatic N) is 4. The number of piperidine rings is 1. The molecule has 0 aliphatic carbocycles. The second-order valence-electron chi connectivity index (χ2n) is 6.53. The minimum absolute atomic E-state index is 0. The van der Waals surface area contributed by atoms with Gasteiger partial charge in [0, 0.05) is 30.4 Å². The standard InChI is InChI=1S/C19H24N4O3.ClH/c1-2-22(19-9-7-17(13-20-19)23(25)26)16-6-8-18(24)15(12-16)14-21-10-4-3-5-11-21;/h6-9,12-13,24H,2-5,10-11,14H2,1H3;1H. The zero-order valence-corrected chi connectivity index (χ0v) is 16.2. The lowest BCUT2D eigenvalue weighted by Crippen LogP contribution is -2.29. The SMILES string of the molecule is CCN(c1ccc(O)c(CN2CCCCC2)c1)c1ccc([N+](=O)[O-])cn1.Cl. The van der Waals surface area contributed by atoms with Crippen molar-refractivity contribution in [2.24, 2.45) is 0 Å². The summed E-state index contributed by atoms with van der Waals surface area (Å²) >= 11 is 0. The molecule has 1 saturated heterocycles. The molecule has 146 valence electrons. The molecule has 1 aliphatic rings. The Labute approximate surface area is 165 Å². The van der Waals surface area contributed by atoms with Crippen LogP contribution in [0.15, 0.2) is 36.5 Å². The van der Waals surface area contributed by atoms with E-state index in [1.807, 2.05) is 24.0 Å². The molecule has 2 aromatic rings. The topological polar surface area (TPSA) is 82.7 Å². The Morgan fingerprint density at radius 1 is 1.22 bits per heavy atom. The molecule has 3 rings (SSSR count). The summed E-state index contributed by atoms with van der Waals surface area (Å²) in [6.45, 7) is 5.51. The summed E-state index contributed by atoms with van der Waals surface area (Å²) in [5.41, 5.74) is 1.78. The van der Waals surface area contributed by atoms with Crippen LogP contribution >= 0.6 is 12.4 Å². The molecule has 0 spiro atoms. The highest BCUT2D eigenvalue weighted by atomic mass is 35.5. The molecule has 1 fully saturated rings. The summed E-state index contributed by atoms with van der Waals surface area (Å²) in [6, 6.07) is 8.65. The summed E-state index contributed by atoms with van der Waals surface area (Å²) in [7, 11) is 0. The van der Waals surface area contributed by atoms with Crippen LogP contribution < -0.4 is 4.90 Å². The molecule has 0 amide bonds. The number of likely N-dealkylation sites (tertiary alicyclic amines) is 1. The van der Waals surface area contributed by atoms with E-state index in [-0.39, 0.29) is 18.1 Å². The van der Waals surface area contributed by atoms with Gasteiger partial charge in [-0.1, -0.05) is 6.42 Å². The number of aromatic hydroxyl groups is 1. The Bertz CT molecular complexity index is 764. The number of nitro groups is 1. The third kappa shape index (κ3) is 5.08. The minimum atomic E-state index is -0.454. The van der Waals surface area contributed by atoms with E-state index in [4.69, 9.17) is 0 Å². The van der Waals surface area contributed by atoms with Gasteiger partial charge in [0.1, 0.15) is 17.8 Å². The van der Waals surface area contributed by atoms with E-state index in [0.29, 0.717) is 18.1 Å². The van der Waals surface area contributed by atoms with E-state index in [1.165, 1.54) is 31.5 Å². The number of rotatable bonds is 6. The maximum Gasteiger partial charge on any atom is 0.287 e. The Morgan fingerprint density at radius 2 is 1.96 bits per heavy atom. The fourth-order valence-corrected chi connectivity index (χ4v) is 3.35. The van der Waals surface area contributed by atoms with Crippen LogP contribution in [0.1, 0.15) is 31.7 Å². The van der Waals surface area contributed by atoms with Crippen molar-refractivity contribution in [3.8, 4) is 5.75 Å². The zero-order valence-electron chi connectivity index (χ0n) is 15.4. The van der Waals surface area contributed by atoms with E-state index in [1.54, 1.807) is 12.1 Å². The number of hydrogen-bond acceptors (Lipinski definition) is 6. The highest BCUT2D eigenvalue weighted by molar-refractivity contribution is 5.85. The molecule has 8 heteroatoms. The van der Waals surface area contributed by atoms with Crippen LogP contribution in [0.2, 0.25) is 0 Å². The minimum Gasteiger partial charge on any atom is -0.508 e. The number of hydrogen-bond donors (Lipinski definition) is 1. The van der Waals surface area contributed by atoms with Gasteiger partial charge in [0.05, 0.1) is 4.92 Å². The molecule has 0 bridgehead atoms. The van der Waals surface area contributed by atoms with E-state index in [0.717, 1.165) is 30.9 Å². The van der Waals surface area contributed by atoms with Crippen LogP contribution in [0.4, 0.5) is 17.2 Å². The fourth-order valence-electron chi connectivity index (χ4n) is 3.35. The molecule has 1 aromatic heterocycles. The zero-order chi connectivity index (χ0) is 18.5. The molecule has 1 aliphatic heterocycles. The van der Waals surface area contributed by atoms with Crippen LogP contribution in [0.5, 0.6) is 5.75 Å². The van der Waals surface area contributed by atoms with Crippen LogP contribution in [-0.4, -0.2) is 39.5 Å². The number of phenolic OH excluding ortho intramolecular Hbond substituents is 1. The van der Waals surface area contributed by atoms with Crippen molar-refractivity contribution in [2.75, 3.05) is 24.5 Å². The predicted octanol–water partition coefficient (Wildman–Crippen LogP) is 4.26. The van der Waals surface area contributed by atoms with E-state index in [2.05, 4.69) is 9.88 Å². The average Bonchev–Trinajstić information content (AvgIpc) is 2.66. The van der Waals surface area contributed by atoms with E-state index < -0.39 is 4.92 Å². The molecule has 0 atom stereocenters. The molecule has 0 saturated carbocycles. The van der Waals surface area contributed by atoms with Crippen molar-refractivity contribution in [3.63, 3.8) is 0 Å². The van der Waals surface area contributed by atoms with Gasteiger partial charge < -0.3 is 10.0 Å². The molecule has 1 aromatic carbocycles. The number of aromatic nitrogens is 1. The average molecular weight is 393 g/mol. The van der Waals surface area contributed by atoms with Gasteiger partial charge in [-0.2, -0.15) is 0 Å². The Balaban J connectivity index is 0.00000261. The maximum absolute atomic E-state index is 10.8. The number of anilines is 2. The summed E-state index contributed by atoms with van der Waals surface area (Å²) in [5, 5.41) is 21.1. The summed E-state index contributed by atoms with van der Waals surface area (Å²) in [5.74, 6) is 0.944. The molecular formula is C19H25ClN4O3. The largest absolute Gasteiger partial charge is 0.508 e. The Kier molecular flexibility index (Phi) is 7.38. The first kappa shape index (κ1) is 20.9. The van der Waals surface area contributed by atoms with Gasteiger partial charge >= 0.3 is 0 Å². The molecule has 27 heavy (non-hydrogen) atoms. The highest BCUT2D eigenvalue weighted by Gasteiger charge is 2.16. The van der Waals surface area contributed by atoms with Crippen LogP contribution in [0.25, 0.3) is 0 Å². The number of benzene rings is 1. The second-order valence-corrected chi connectivity index (χ2v) is 6.53. The van der Waals surface area contributed by atoms with Gasteiger partial charge in [0.2, 0.25) is 0 Å². The third-order valence-corrected chi connectivity index (χ3v) is 4.75. The van der Waals surface area contributed by atoms with Gasteiger partial charge in [-0.3, -0.25) is 15.0 Å². The van der Waals surface area contributed by atoms with Gasteiger partial charge in [-0.05, 0) is 57.1 Å². The van der Waals surface area contributed by atoms with Crippen molar-refractivity contribution < 1.29 is 10.0 Å². The molecule has 2 heterocycles. The first-order chi connectivity index (χ1) is 12.6. The highest BCUT2D eigenvalue weighted by Crippen LogP contribution is 2.30. The van der Waals surface area contributed by atoms with Gasteiger partial charge in [-0.25, -0.2) is 4.98 Å². The van der Waals surface area contributed by atoms with Crippen molar-refractivity contribution >= 4 is 29.6 Å². The van der Waals surface area contributed by atoms with Crippen molar-refractivity contribution in [1.29, 1.82) is 0 Å². The first-order valence-electron chi connectivity index (χ1n) is 9.00. The van der Waals surface area contributed by atoms with Gasteiger partial charge in [-0.15, -0.1) is 12.4 Å². The predicted molar refractivity (Wildman–Crippen MR) is 108 cm³/mol. The lowest BCUT2D eigenvalue weighted by molar-refractivity contribution is -0.385. The lowest BCUT2D eigenvalue weighted by atomic mass is 10.1. The summed E-state index contributed by atoms with van der Waals surface area (Å²) in [6.07, 6.45) is 4.95. The monoisotopic (exact) mass is 392 g/mol. The lowest BCUT2D eigenvalue weighted by Gasteiger charge is -2.28. The summed E-state index contributed by atoms with van der Waals surface area (Å²) in [4.78, 5) is 18.9. The molecule has 7 nitrogen and oxygen atoms in total. The van der Waals surface area contributed by atoms with E-state index >= 15 is 0 Å². The quantitative estimate of drug-likeness (QED) is 0.584. The number of phenols is 1. The molecule has 0 radical (unpaired) electrons.